The van der Waals surface area contributed by atoms with Crippen LogP contribution in [0.15, 0.2) is 22.7 Å². The molecule has 0 unspecified atom stereocenters. The van der Waals surface area contributed by atoms with Crippen molar-refractivity contribution in [2.75, 3.05) is 19.6 Å². The van der Waals surface area contributed by atoms with Crippen LogP contribution in [0.4, 0.5) is 4.39 Å². The number of benzene rings is 1. The van der Waals surface area contributed by atoms with Crippen LogP contribution in [0.2, 0.25) is 0 Å². The third-order valence-corrected chi connectivity index (χ3v) is 5.18. The van der Waals surface area contributed by atoms with Crippen LogP contribution in [0, 0.1) is 11.2 Å². The lowest BCUT2D eigenvalue weighted by Gasteiger charge is -2.33. The van der Waals surface area contributed by atoms with Crippen LogP contribution >= 0.6 is 15.9 Å². The Morgan fingerprint density at radius 2 is 2.10 bits per heavy atom. The summed E-state index contributed by atoms with van der Waals surface area (Å²) < 4.78 is 13.8. The summed E-state index contributed by atoms with van der Waals surface area (Å²) in [5.74, 6) is -0.0358. The number of halogens is 2. The number of nitrogens with zero attached hydrogens (tertiary/aromatic N) is 1. The molecule has 1 amide bonds. The highest BCUT2D eigenvalue weighted by Crippen LogP contribution is 2.40. The minimum absolute atomic E-state index is 0.162. The lowest BCUT2D eigenvalue weighted by molar-refractivity contribution is -0.128. The molecule has 1 aromatic rings. The lowest BCUT2D eigenvalue weighted by atomic mass is 9.78. The van der Waals surface area contributed by atoms with Crippen molar-refractivity contribution in [2.45, 2.75) is 25.8 Å². The number of carbonyl (C=O) groups is 1. The van der Waals surface area contributed by atoms with Gasteiger partial charge in [0.2, 0.25) is 5.91 Å². The Morgan fingerprint density at radius 3 is 2.80 bits per heavy atom. The Bertz CT molecular complexity index is 529. The Balaban J connectivity index is 1.73. The van der Waals surface area contributed by atoms with Gasteiger partial charge in [0.1, 0.15) is 5.82 Å². The zero-order valence-corrected chi connectivity index (χ0v) is 12.9. The number of amides is 1. The fourth-order valence-corrected chi connectivity index (χ4v) is 3.75. The highest BCUT2D eigenvalue weighted by molar-refractivity contribution is 9.10. The van der Waals surface area contributed by atoms with E-state index in [0.717, 1.165) is 42.5 Å². The van der Waals surface area contributed by atoms with Gasteiger partial charge in [0, 0.05) is 24.0 Å². The average Bonchev–Trinajstić information content (AvgIpc) is 2.70. The van der Waals surface area contributed by atoms with Gasteiger partial charge < -0.3 is 10.2 Å². The molecule has 3 nitrogen and oxygen atoms in total. The maximum absolute atomic E-state index is 13.1. The molecule has 0 bridgehead atoms. The van der Waals surface area contributed by atoms with Crippen molar-refractivity contribution in [3.63, 3.8) is 0 Å². The minimum atomic E-state index is -0.261. The molecule has 2 heterocycles. The number of piperidine rings is 1. The van der Waals surface area contributed by atoms with Gasteiger partial charge in [0.15, 0.2) is 0 Å². The molecule has 1 N–H and O–H groups in total. The van der Waals surface area contributed by atoms with E-state index in [-0.39, 0.29) is 17.1 Å². The molecule has 0 radical (unpaired) electrons. The number of likely N-dealkylation sites (tertiary alicyclic amines) is 1. The van der Waals surface area contributed by atoms with Gasteiger partial charge in [-0.1, -0.05) is 22.0 Å². The molecule has 0 saturated carbocycles. The van der Waals surface area contributed by atoms with E-state index in [9.17, 15) is 9.18 Å². The predicted octanol–water partition coefficient (Wildman–Crippen LogP) is 2.69. The third kappa shape index (κ3) is 2.74. The summed E-state index contributed by atoms with van der Waals surface area (Å²) in [6.45, 7) is 3.40. The first-order valence-corrected chi connectivity index (χ1v) is 7.80. The monoisotopic (exact) mass is 340 g/mol. The fraction of sp³-hybridized carbons (Fsp3) is 0.533. The lowest BCUT2D eigenvalue weighted by Crippen LogP contribution is -2.38. The van der Waals surface area contributed by atoms with Crippen molar-refractivity contribution in [2.24, 2.45) is 5.41 Å². The van der Waals surface area contributed by atoms with Crippen LogP contribution in [0.3, 0.4) is 0 Å². The number of nitrogens with one attached hydrogen (secondary N) is 1. The number of hydrogen-bond acceptors (Lipinski definition) is 2. The third-order valence-electron chi connectivity index (χ3n) is 4.45. The quantitative estimate of drug-likeness (QED) is 0.897. The smallest absolute Gasteiger partial charge is 0.223 e. The Labute approximate surface area is 126 Å². The normalized spacial score (nSPS) is 21.7. The van der Waals surface area contributed by atoms with Crippen LogP contribution < -0.4 is 5.32 Å². The summed E-state index contributed by atoms with van der Waals surface area (Å²) in [4.78, 5) is 14.2. The summed E-state index contributed by atoms with van der Waals surface area (Å²) in [5, 5.41) is 3.35. The van der Waals surface area contributed by atoms with E-state index in [1.165, 1.54) is 12.1 Å². The van der Waals surface area contributed by atoms with Gasteiger partial charge in [0.25, 0.3) is 0 Å². The summed E-state index contributed by atoms with van der Waals surface area (Å²) in [5.41, 5.74) is 1.13. The van der Waals surface area contributed by atoms with Gasteiger partial charge in [0.05, 0.1) is 0 Å². The summed E-state index contributed by atoms with van der Waals surface area (Å²) in [7, 11) is 0. The van der Waals surface area contributed by atoms with Crippen molar-refractivity contribution in [3.05, 3.63) is 34.1 Å². The zero-order valence-electron chi connectivity index (χ0n) is 11.3. The van der Waals surface area contributed by atoms with Crippen molar-refractivity contribution in [1.82, 2.24) is 10.2 Å². The molecule has 2 aliphatic rings. The molecular formula is C15H18BrFN2O. The van der Waals surface area contributed by atoms with Crippen molar-refractivity contribution in [3.8, 4) is 0 Å². The van der Waals surface area contributed by atoms with Gasteiger partial charge in [-0.3, -0.25) is 4.79 Å². The van der Waals surface area contributed by atoms with Crippen LogP contribution in [-0.4, -0.2) is 30.4 Å². The van der Waals surface area contributed by atoms with Crippen LogP contribution in [0.1, 0.15) is 24.8 Å². The second-order valence-electron chi connectivity index (χ2n) is 5.91. The summed E-state index contributed by atoms with van der Waals surface area (Å²) in [6, 6.07) is 4.65. The number of rotatable bonds is 2. The van der Waals surface area contributed by atoms with Crippen molar-refractivity contribution in [1.29, 1.82) is 0 Å². The van der Waals surface area contributed by atoms with Crippen LogP contribution in [0.25, 0.3) is 0 Å². The van der Waals surface area contributed by atoms with Gasteiger partial charge in [-0.15, -0.1) is 0 Å². The highest BCUT2D eigenvalue weighted by atomic mass is 79.9. The van der Waals surface area contributed by atoms with E-state index in [2.05, 4.69) is 21.2 Å². The Morgan fingerprint density at radius 1 is 1.35 bits per heavy atom. The minimum Gasteiger partial charge on any atom is -0.338 e. The molecule has 0 aromatic heterocycles. The van der Waals surface area contributed by atoms with Crippen LogP contribution in [0.5, 0.6) is 0 Å². The molecule has 0 aliphatic carbocycles. The highest BCUT2D eigenvalue weighted by Gasteiger charge is 2.43. The van der Waals surface area contributed by atoms with Crippen molar-refractivity contribution < 1.29 is 9.18 Å². The molecule has 20 heavy (non-hydrogen) atoms. The zero-order chi connectivity index (χ0) is 14.2. The molecule has 5 heteroatoms. The van der Waals surface area contributed by atoms with E-state index in [1.54, 1.807) is 6.07 Å². The first-order chi connectivity index (χ1) is 9.58. The van der Waals surface area contributed by atoms with E-state index < -0.39 is 0 Å². The van der Waals surface area contributed by atoms with Gasteiger partial charge in [-0.25, -0.2) is 4.39 Å². The molecule has 3 rings (SSSR count). The predicted molar refractivity (Wildman–Crippen MR) is 78.7 cm³/mol. The first-order valence-electron chi connectivity index (χ1n) is 7.00. The topological polar surface area (TPSA) is 32.3 Å². The Hall–Kier alpha value is -0.940. The van der Waals surface area contributed by atoms with E-state index in [0.29, 0.717) is 13.0 Å². The molecule has 1 spiro atoms. The fourth-order valence-electron chi connectivity index (χ4n) is 3.27. The van der Waals surface area contributed by atoms with E-state index in [4.69, 9.17) is 0 Å². The standard InChI is InChI=1S/C15H18BrFN2O/c16-13-7-12(17)2-1-11(13)9-19-10-15(8-14(19)20)3-5-18-6-4-15/h1-2,7,18H,3-6,8-10H2. The SMILES string of the molecule is O=C1CC2(CCNCC2)CN1Cc1ccc(F)cc1Br. The molecular weight excluding hydrogens is 323 g/mol. The first kappa shape index (κ1) is 14.0. The molecule has 2 saturated heterocycles. The largest absolute Gasteiger partial charge is 0.338 e. The molecule has 1 aromatic carbocycles. The molecule has 2 fully saturated rings. The maximum Gasteiger partial charge on any atom is 0.223 e. The summed E-state index contributed by atoms with van der Waals surface area (Å²) in [6.07, 6.45) is 2.80. The van der Waals surface area contributed by atoms with Crippen LogP contribution in [-0.2, 0) is 11.3 Å². The molecule has 0 atom stereocenters. The average molecular weight is 341 g/mol. The van der Waals surface area contributed by atoms with Gasteiger partial charge >= 0.3 is 0 Å². The maximum atomic E-state index is 13.1. The summed E-state index contributed by atoms with van der Waals surface area (Å²) >= 11 is 3.37. The molecule has 108 valence electrons. The van der Waals surface area contributed by atoms with Crippen molar-refractivity contribution >= 4 is 21.8 Å². The number of hydrogen-bond donors (Lipinski definition) is 1. The number of carbonyl (C=O) groups excluding carboxylic acids is 1. The van der Waals surface area contributed by atoms with E-state index in [1.807, 2.05) is 4.90 Å². The Kier molecular flexibility index (Phi) is 3.82. The van der Waals surface area contributed by atoms with E-state index >= 15 is 0 Å². The van der Waals surface area contributed by atoms with Gasteiger partial charge in [-0.2, -0.15) is 0 Å². The second kappa shape index (κ2) is 5.45. The molecule has 2 aliphatic heterocycles. The second-order valence-corrected chi connectivity index (χ2v) is 6.77. The van der Waals surface area contributed by atoms with Gasteiger partial charge in [-0.05, 0) is 49.0 Å².